The van der Waals surface area contributed by atoms with Gasteiger partial charge in [0, 0.05) is 12.0 Å². The van der Waals surface area contributed by atoms with Gasteiger partial charge in [-0.2, -0.15) is 0 Å². The Bertz CT molecular complexity index is 1330. The SMILES string of the molecule is C=C(Cc1ccccc1)C(C=CC(=O)N1C2CCC3c4ccccc4C321)NC(=O)C(C)NC(=O)OC(C)(C)C. The summed E-state index contributed by atoms with van der Waals surface area (Å²) in [5.41, 5.74) is 3.61. The minimum atomic E-state index is -0.839. The maximum absolute atomic E-state index is 13.4. The normalized spacial score (nSPS) is 23.9. The van der Waals surface area contributed by atoms with E-state index >= 15 is 0 Å². The molecule has 5 rings (SSSR count). The highest BCUT2D eigenvalue weighted by atomic mass is 16.6. The standard InChI is InChI=1S/C32H37N3O4/c1-20(19-22-11-7-6-8-12-22)26(34-29(37)21(2)33-30(38)39-31(3,4)5)16-18-28(36)35-27-17-15-25-23-13-9-10-14-24(23)32(25,27)35/h6-14,16,18,21,25-27H,1,15,17,19H2,2-5H3,(H,33,38)(H,34,37). The van der Waals surface area contributed by atoms with Gasteiger partial charge in [0.1, 0.15) is 11.6 Å². The summed E-state index contributed by atoms with van der Waals surface area (Å²) in [4.78, 5) is 40.7. The van der Waals surface area contributed by atoms with Crippen molar-refractivity contribution in [2.45, 2.75) is 82.1 Å². The Morgan fingerprint density at radius 3 is 2.49 bits per heavy atom. The van der Waals surface area contributed by atoms with Crippen LogP contribution in [0.25, 0.3) is 0 Å². The summed E-state index contributed by atoms with van der Waals surface area (Å²) in [5, 5.41) is 5.53. The number of carbonyl (C=O) groups excluding carboxylic acids is 3. The van der Waals surface area contributed by atoms with Crippen molar-refractivity contribution in [2.24, 2.45) is 0 Å². The predicted molar refractivity (Wildman–Crippen MR) is 150 cm³/mol. The van der Waals surface area contributed by atoms with E-state index in [0.29, 0.717) is 12.3 Å². The highest BCUT2D eigenvalue weighted by molar-refractivity contribution is 5.93. The average molecular weight is 528 g/mol. The molecule has 0 aromatic heterocycles. The van der Waals surface area contributed by atoms with E-state index in [4.69, 9.17) is 4.74 Å². The molecule has 2 aromatic rings. The molecule has 5 atom stereocenters. The number of fused-ring (bicyclic) bond motifs is 2. The number of hydrogen-bond donors (Lipinski definition) is 2. The zero-order valence-corrected chi connectivity index (χ0v) is 23.1. The summed E-state index contributed by atoms with van der Waals surface area (Å²) in [6, 6.07) is 17.1. The molecular formula is C32H37N3O4. The molecule has 7 heteroatoms. The van der Waals surface area contributed by atoms with Gasteiger partial charge in [-0.05, 0) is 69.2 Å². The Balaban J connectivity index is 1.29. The van der Waals surface area contributed by atoms with Gasteiger partial charge in [-0.25, -0.2) is 4.79 Å². The lowest BCUT2D eigenvalue weighted by Gasteiger charge is -2.38. The summed E-state index contributed by atoms with van der Waals surface area (Å²) in [6.07, 6.45) is 5.27. The van der Waals surface area contributed by atoms with Gasteiger partial charge in [0.15, 0.2) is 0 Å². The fourth-order valence-electron chi connectivity index (χ4n) is 6.31. The van der Waals surface area contributed by atoms with Gasteiger partial charge in [0.05, 0.1) is 17.6 Å². The second-order valence-corrected chi connectivity index (χ2v) is 11.8. The zero-order valence-electron chi connectivity index (χ0n) is 23.1. The van der Waals surface area contributed by atoms with Gasteiger partial charge in [0.2, 0.25) is 11.8 Å². The van der Waals surface area contributed by atoms with Crippen LogP contribution in [-0.4, -0.2) is 46.5 Å². The fourth-order valence-corrected chi connectivity index (χ4v) is 6.31. The summed E-state index contributed by atoms with van der Waals surface area (Å²) >= 11 is 0. The molecule has 39 heavy (non-hydrogen) atoms. The second-order valence-electron chi connectivity index (χ2n) is 11.8. The minimum Gasteiger partial charge on any atom is -0.444 e. The number of benzene rings is 2. The molecule has 1 saturated heterocycles. The molecule has 3 amide bonds. The van der Waals surface area contributed by atoms with Crippen molar-refractivity contribution >= 4 is 17.9 Å². The van der Waals surface area contributed by atoms with E-state index in [1.54, 1.807) is 39.8 Å². The van der Waals surface area contributed by atoms with Crippen LogP contribution in [0, 0.1) is 0 Å². The third kappa shape index (κ3) is 4.98. The summed E-state index contributed by atoms with van der Waals surface area (Å²) in [7, 11) is 0. The Morgan fingerprint density at radius 1 is 1.08 bits per heavy atom. The first-order valence-electron chi connectivity index (χ1n) is 13.6. The Kier molecular flexibility index (Phi) is 6.87. The number of likely N-dealkylation sites (tertiary alicyclic amines) is 1. The lowest BCUT2D eigenvalue weighted by Crippen LogP contribution is -2.49. The van der Waals surface area contributed by atoms with Crippen molar-refractivity contribution in [3.05, 3.63) is 95.6 Å². The quantitative estimate of drug-likeness (QED) is 0.295. The number of ether oxygens (including phenoxy) is 1. The number of hydrogen-bond acceptors (Lipinski definition) is 4. The molecule has 2 aromatic carbocycles. The Hall–Kier alpha value is -3.87. The molecular weight excluding hydrogens is 490 g/mol. The van der Waals surface area contributed by atoms with Gasteiger partial charge < -0.3 is 20.3 Å². The molecule has 0 bridgehead atoms. The van der Waals surface area contributed by atoms with Crippen LogP contribution in [0.3, 0.4) is 0 Å². The maximum Gasteiger partial charge on any atom is 0.408 e. The number of nitrogens with zero attached hydrogens (tertiary/aromatic N) is 1. The molecule has 2 N–H and O–H groups in total. The topological polar surface area (TPSA) is 87.5 Å². The Labute approximate surface area is 230 Å². The maximum atomic E-state index is 13.4. The van der Waals surface area contributed by atoms with Crippen LogP contribution in [0.1, 0.15) is 63.1 Å². The first kappa shape index (κ1) is 26.7. The molecule has 204 valence electrons. The highest BCUT2D eigenvalue weighted by Crippen LogP contribution is 2.73. The molecule has 1 heterocycles. The number of nitrogens with one attached hydrogen (secondary N) is 2. The van der Waals surface area contributed by atoms with Crippen molar-refractivity contribution in [1.29, 1.82) is 0 Å². The van der Waals surface area contributed by atoms with Crippen LogP contribution >= 0.6 is 0 Å². The van der Waals surface area contributed by atoms with Crippen molar-refractivity contribution in [2.75, 3.05) is 0 Å². The summed E-state index contributed by atoms with van der Waals surface area (Å²) in [6.45, 7) is 11.1. The third-order valence-electron chi connectivity index (χ3n) is 7.99. The zero-order chi connectivity index (χ0) is 27.9. The first-order chi connectivity index (χ1) is 18.5. The molecule has 1 aliphatic heterocycles. The van der Waals surface area contributed by atoms with E-state index in [2.05, 4.69) is 35.4 Å². The molecule has 7 nitrogen and oxygen atoms in total. The monoisotopic (exact) mass is 527 g/mol. The lowest BCUT2D eigenvalue weighted by molar-refractivity contribution is -0.124. The Morgan fingerprint density at radius 2 is 1.77 bits per heavy atom. The average Bonchev–Trinajstić information content (AvgIpc) is 3.46. The lowest BCUT2D eigenvalue weighted by atomic mass is 9.68. The van der Waals surface area contributed by atoms with Crippen LogP contribution in [0.2, 0.25) is 0 Å². The van der Waals surface area contributed by atoms with Crippen LogP contribution in [0.5, 0.6) is 0 Å². The number of piperidine rings is 1. The molecule has 1 saturated carbocycles. The van der Waals surface area contributed by atoms with Crippen molar-refractivity contribution in [1.82, 2.24) is 15.5 Å². The van der Waals surface area contributed by atoms with Gasteiger partial charge >= 0.3 is 6.09 Å². The number of rotatable bonds is 8. The third-order valence-corrected chi connectivity index (χ3v) is 7.99. The van der Waals surface area contributed by atoms with E-state index < -0.39 is 29.7 Å². The van der Waals surface area contributed by atoms with Crippen LogP contribution in [0.15, 0.2) is 78.9 Å². The number of alkyl carbamates (subject to hydrolysis) is 1. The minimum absolute atomic E-state index is 0.0501. The molecule has 2 fully saturated rings. The van der Waals surface area contributed by atoms with Crippen LogP contribution in [0.4, 0.5) is 4.79 Å². The fraction of sp³-hybridized carbons (Fsp3) is 0.406. The molecule has 1 spiro atoms. The van der Waals surface area contributed by atoms with E-state index in [0.717, 1.165) is 24.0 Å². The predicted octanol–water partition coefficient (Wildman–Crippen LogP) is 4.74. The number of amides is 3. The smallest absolute Gasteiger partial charge is 0.408 e. The van der Waals surface area contributed by atoms with Crippen molar-refractivity contribution in [3.8, 4) is 0 Å². The molecule has 3 aliphatic rings. The highest BCUT2D eigenvalue weighted by Gasteiger charge is 2.77. The number of carbonyl (C=O) groups is 3. The van der Waals surface area contributed by atoms with E-state index in [1.807, 2.05) is 41.3 Å². The van der Waals surface area contributed by atoms with E-state index in [1.165, 1.54) is 11.1 Å². The van der Waals surface area contributed by atoms with Crippen molar-refractivity contribution < 1.29 is 19.1 Å². The van der Waals surface area contributed by atoms with Gasteiger partial charge in [-0.3, -0.25) is 9.59 Å². The molecule has 2 aliphatic carbocycles. The first-order valence-corrected chi connectivity index (χ1v) is 13.6. The van der Waals surface area contributed by atoms with E-state index in [-0.39, 0.29) is 17.5 Å². The summed E-state index contributed by atoms with van der Waals surface area (Å²) < 4.78 is 5.28. The van der Waals surface area contributed by atoms with Gasteiger partial charge in [-0.1, -0.05) is 67.3 Å². The van der Waals surface area contributed by atoms with Crippen LogP contribution in [-0.2, 0) is 26.3 Å². The van der Waals surface area contributed by atoms with Gasteiger partial charge in [0.25, 0.3) is 0 Å². The molecule has 5 unspecified atom stereocenters. The van der Waals surface area contributed by atoms with Crippen LogP contribution < -0.4 is 10.6 Å². The van der Waals surface area contributed by atoms with Gasteiger partial charge in [-0.15, -0.1) is 0 Å². The van der Waals surface area contributed by atoms with Crippen molar-refractivity contribution in [3.63, 3.8) is 0 Å². The second kappa shape index (κ2) is 10.0. The molecule has 0 radical (unpaired) electrons. The summed E-state index contributed by atoms with van der Waals surface area (Å²) in [5.74, 6) is -0.0300. The van der Waals surface area contributed by atoms with E-state index in [9.17, 15) is 14.4 Å². The largest absolute Gasteiger partial charge is 0.444 e.